The minimum Gasteiger partial charge on any atom is -0.458 e. The van der Waals surface area contributed by atoms with Crippen LogP contribution in [0.4, 0.5) is 0 Å². The van der Waals surface area contributed by atoms with Crippen molar-refractivity contribution in [2.45, 2.75) is 45.1 Å². The first kappa shape index (κ1) is 20.3. The summed E-state index contributed by atoms with van der Waals surface area (Å²) in [6.07, 6.45) is 6.35. The molecule has 1 aromatic heterocycles. The predicted molar refractivity (Wildman–Crippen MR) is 107 cm³/mol. The Kier molecular flexibility index (Phi) is 6.98. The number of aromatic nitrogens is 2. The van der Waals surface area contributed by atoms with E-state index in [1.165, 1.54) is 0 Å². The molecule has 1 aliphatic heterocycles. The van der Waals surface area contributed by atoms with E-state index < -0.39 is 0 Å². The second-order valence-corrected chi connectivity index (χ2v) is 7.32. The fourth-order valence-corrected chi connectivity index (χ4v) is 3.28. The first-order valence-electron chi connectivity index (χ1n) is 9.59. The molecule has 2 aromatic rings. The first-order valence-corrected chi connectivity index (χ1v) is 9.97. The lowest BCUT2D eigenvalue weighted by Crippen LogP contribution is -2.44. The number of aryl methyl sites for hydroxylation is 1. The van der Waals surface area contributed by atoms with Crippen molar-refractivity contribution in [2.75, 3.05) is 13.1 Å². The molecule has 0 spiro atoms. The molecule has 0 bridgehead atoms. The maximum absolute atomic E-state index is 12.5. The van der Waals surface area contributed by atoms with Crippen molar-refractivity contribution >= 4 is 23.3 Å². The molecule has 6 nitrogen and oxygen atoms in total. The van der Waals surface area contributed by atoms with E-state index in [4.69, 9.17) is 16.3 Å². The summed E-state index contributed by atoms with van der Waals surface area (Å²) in [4.78, 5) is 35.0. The quantitative estimate of drug-likeness (QED) is 0.661. The van der Waals surface area contributed by atoms with E-state index in [2.05, 4.69) is 9.97 Å². The third-order valence-corrected chi connectivity index (χ3v) is 5.08. The van der Waals surface area contributed by atoms with E-state index in [1.807, 2.05) is 6.92 Å². The number of rotatable bonds is 7. The van der Waals surface area contributed by atoms with Crippen LogP contribution in [0.5, 0.6) is 6.01 Å². The SMILES string of the molecule is CCc1cnc(OC2CCCN(C(=O)CCC(=O)c3ccc(Cl)cc3)C2)nc1. The van der Waals surface area contributed by atoms with Gasteiger partial charge in [0.1, 0.15) is 6.10 Å². The molecule has 0 N–H and O–H groups in total. The van der Waals surface area contributed by atoms with E-state index in [9.17, 15) is 9.59 Å². The van der Waals surface area contributed by atoms with Crippen LogP contribution >= 0.6 is 11.6 Å². The highest BCUT2D eigenvalue weighted by Crippen LogP contribution is 2.18. The smallest absolute Gasteiger partial charge is 0.316 e. The molecule has 2 heterocycles. The van der Waals surface area contributed by atoms with Gasteiger partial charge in [0.2, 0.25) is 5.91 Å². The van der Waals surface area contributed by atoms with Crippen molar-refractivity contribution < 1.29 is 14.3 Å². The molecule has 1 amide bonds. The van der Waals surface area contributed by atoms with Crippen LogP contribution in [0.3, 0.4) is 0 Å². The minimum absolute atomic E-state index is 0.0298. The standard InChI is InChI=1S/C21H24ClN3O3/c1-2-15-12-23-21(24-13-15)28-18-4-3-11-25(14-18)20(27)10-9-19(26)16-5-7-17(22)8-6-16/h5-8,12-13,18H,2-4,9-11,14H2,1H3. The number of amides is 1. The lowest BCUT2D eigenvalue weighted by atomic mass is 10.0. The molecule has 1 unspecified atom stereocenters. The Morgan fingerprint density at radius 2 is 1.89 bits per heavy atom. The summed E-state index contributed by atoms with van der Waals surface area (Å²) in [5.74, 6) is -0.0860. The molecule has 1 aromatic carbocycles. The molecular weight excluding hydrogens is 378 g/mol. The maximum Gasteiger partial charge on any atom is 0.316 e. The Balaban J connectivity index is 1.49. The summed E-state index contributed by atoms with van der Waals surface area (Å²) in [5, 5.41) is 0.584. The Labute approximate surface area is 169 Å². The van der Waals surface area contributed by atoms with Gasteiger partial charge in [-0.3, -0.25) is 9.59 Å². The molecule has 0 radical (unpaired) electrons. The van der Waals surface area contributed by atoms with Gasteiger partial charge in [0.05, 0.1) is 6.54 Å². The summed E-state index contributed by atoms with van der Waals surface area (Å²) >= 11 is 5.84. The van der Waals surface area contributed by atoms with Crippen molar-refractivity contribution in [2.24, 2.45) is 0 Å². The van der Waals surface area contributed by atoms with Crippen LogP contribution in [0, 0.1) is 0 Å². The normalized spacial score (nSPS) is 16.6. The van der Waals surface area contributed by atoms with E-state index in [-0.39, 0.29) is 30.6 Å². The van der Waals surface area contributed by atoms with Gasteiger partial charge in [-0.25, -0.2) is 9.97 Å². The number of Topliss-reactive ketones (excluding diaryl/α,β-unsaturated/α-hetero) is 1. The Morgan fingerprint density at radius 3 is 2.57 bits per heavy atom. The number of benzene rings is 1. The number of nitrogens with zero attached hydrogens (tertiary/aromatic N) is 3. The van der Waals surface area contributed by atoms with Crippen LogP contribution < -0.4 is 4.74 Å². The number of hydrogen-bond acceptors (Lipinski definition) is 5. The highest BCUT2D eigenvalue weighted by atomic mass is 35.5. The van der Waals surface area contributed by atoms with Crippen molar-refractivity contribution in [1.29, 1.82) is 0 Å². The Morgan fingerprint density at radius 1 is 1.18 bits per heavy atom. The maximum atomic E-state index is 12.5. The molecule has 1 atom stereocenters. The van der Waals surface area contributed by atoms with Crippen LogP contribution in [0.1, 0.15) is 48.5 Å². The van der Waals surface area contributed by atoms with Crippen LogP contribution in [-0.2, 0) is 11.2 Å². The molecule has 3 rings (SSSR count). The number of piperidine rings is 1. The molecule has 0 saturated carbocycles. The summed E-state index contributed by atoms with van der Waals surface area (Å²) in [6, 6.07) is 7.07. The van der Waals surface area contributed by atoms with Gasteiger partial charge in [-0.2, -0.15) is 0 Å². The van der Waals surface area contributed by atoms with Gasteiger partial charge in [-0.15, -0.1) is 0 Å². The summed E-state index contributed by atoms with van der Waals surface area (Å²) in [5.41, 5.74) is 1.63. The monoisotopic (exact) mass is 401 g/mol. The lowest BCUT2D eigenvalue weighted by Gasteiger charge is -2.32. The predicted octanol–water partition coefficient (Wildman–Crippen LogP) is 3.73. The number of carbonyl (C=O) groups is 2. The van der Waals surface area contributed by atoms with Crippen LogP contribution in [0.2, 0.25) is 5.02 Å². The summed E-state index contributed by atoms with van der Waals surface area (Å²) in [6.45, 7) is 3.22. The molecule has 7 heteroatoms. The van der Waals surface area contributed by atoms with E-state index >= 15 is 0 Å². The fourth-order valence-electron chi connectivity index (χ4n) is 3.16. The molecule has 1 saturated heterocycles. The zero-order valence-electron chi connectivity index (χ0n) is 15.9. The third-order valence-electron chi connectivity index (χ3n) is 4.82. The Hall–Kier alpha value is -2.47. The topological polar surface area (TPSA) is 72.4 Å². The molecule has 0 aliphatic carbocycles. The van der Waals surface area contributed by atoms with Gasteiger partial charge in [-0.05, 0) is 49.1 Å². The average molecular weight is 402 g/mol. The van der Waals surface area contributed by atoms with Crippen molar-refractivity contribution in [3.63, 3.8) is 0 Å². The van der Waals surface area contributed by atoms with Crippen molar-refractivity contribution in [3.8, 4) is 6.01 Å². The highest BCUT2D eigenvalue weighted by molar-refractivity contribution is 6.30. The van der Waals surface area contributed by atoms with Crippen LogP contribution in [-0.4, -0.2) is 45.8 Å². The second kappa shape index (κ2) is 9.64. The molecule has 1 aliphatic rings. The average Bonchev–Trinajstić information content (AvgIpc) is 2.73. The minimum atomic E-state index is -0.128. The van der Waals surface area contributed by atoms with E-state index in [0.29, 0.717) is 29.7 Å². The second-order valence-electron chi connectivity index (χ2n) is 6.88. The summed E-state index contributed by atoms with van der Waals surface area (Å²) < 4.78 is 5.85. The number of ether oxygens (including phenoxy) is 1. The van der Waals surface area contributed by atoms with E-state index in [1.54, 1.807) is 41.6 Å². The number of ketones is 1. The number of hydrogen-bond donors (Lipinski definition) is 0. The lowest BCUT2D eigenvalue weighted by molar-refractivity contribution is -0.133. The van der Waals surface area contributed by atoms with Crippen molar-refractivity contribution in [1.82, 2.24) is 14.9 Å². The molecule has 28 heavy (non-hydrogen) atoms. The van der Waals surface area contributed by atoms with Gasteiger partial charge < -0.3 is 9.64 Å². The van der Waals surface area contributed by atoms with Gasteiger partial charge in [-0.1, -0.05) is 18.5 Å². The Bertz CT molecular complexity index is 809. The fraction of sp³-hybridized carbons (Fsp3) is 0.429. The number of likely N-dealkylation sites (tertiary alicyclic amines) is 1. The van der Waals surface area contributed by atoms with E-state index in [0.717, 1.165) is 24.8 Å². The molecular formula is C21H24ClN3O3. The number of halogens is 1. The first-order chi connectivity index (χ1) is 13.5. The van der Waals surface area contributed by atoms with Gasteiger partial charge >= 0.3 is 6.01 Å². The van der Waals surface area contributed by atoms with Gasteiger partial charge in [0.25, 0.3) is 0 Å². The highest BCUT2D eigenvalue weighted by Gasteiger charge is 2.25. The molecule has 148 valence electrons. The van der Waals surface area contributed by atoms with Gasteiger partial charge in [0.15, 0.2) is 5.78 Å². The van der Waals surface area contributed by atoms with Crippen molar-refractivity contribution in [3.05, 3.63) is 52.8 Å². The van der Waals surface area contributed by atoms with Gasteiger partial charge in [0, 0.05) is 42.4 Å². The number of carbonyl (C=O) groups excluding carboxylic acids is 2. The third kappa shape index (κ3) is 5.52. The molecule has 1 fully saturated rings. The zero-order valence-corrected chi connectivity index (χ0v) is 16.7. The van der Waals surface area contributed by atoms with Crippen LogP contribution in [0.15, 0.2) is 36.7 Å². The zero-order chi connectivity index (χ0) is 19.9. The summed E-state index contributed by atoms with van der Waals surface area (Å²) in [7, 11) is 0. The van der Waals surface area contributed by atoms with Crippen LogP contribution in [0.25, 0.3) is 0 Å². The largest absolute Gasteiger partial charge is 0.458 e.